The summed E-state index contributed by atoms with van der Waals surface area (Å²) in [7, 11) is 0. The van der Waals surface area contributed by atoms with Gasteiger partial charge >= 0.3 is 0 Å². The molecule has 3 nitrogen and oxygen atoms in total. The Balaban J connectivity index is 2.19. The second-order valence-corrected chi connectivity index (χ2v) is 12.6. The van der Waals surface area contributed by atoms with Crippen LogP contribution in [0.2, 0.25) is 0 Å². The van der Waals surface area contributed by atoms with Crippen LogP contribution in [0.5, 0.6) is 0 Å². The van der Waals surface area contributed by atoms with Gasteiger partial charge in [-0.05, 0) is 66.0 Å². The maximum absolute atomic E-state index is 4.01. The maximum atomic E-state index is 4.01. The third-order valence-corrected chi connectivity index (χ3v) is 8.74. The summed E-state index contributed by atoms with van der Waals surface area (Å²) < 4.78 is 0. The summed E-state index contributed by atoms with van der Waals surface area (Å²) in [6, 6.07) is 0. The molecule has 0 aromatic carbocycles. The van der Waals surface area contributed by atoms with Crippen LogP contribution in [0.15, 0.2) is 0 Å². The van der Waals surface area contributed by atoms with E-state index in [1.165, 1.54) is 155 Å². The number of rotatable bonds is 23. The van der Waals surface area contributed by atoms with Gasteiger partial charge in [-0.3, -0.25) is 4.90 Å². The summed E-state index contributed by atoms with van der Waals surface area (Å²) in [4.78, 5) is 5.49. The van der Waals surface area contributed by atoms with E-state index < -0.39 is 0 Å². The Kier molecular flexibility index (Phi) is 18.7. The highest BCUT2D eigenvalue weighted by molar-refractivity contribution is 4.86. The number of piperazine rings is 1. The molecule has 1 unspecified atom stereocenters. The molecule has 0 bridgehead atoms. The topological polar surface area (TPSA) is 18.5 Å². The van der Waals surface area contributed by atoms with Crippen molar-refractivity contribution in [2.24, 2.45) is 0 Å². The Labute approximate surface area is 222 Å². The van der Waals surface area contributed by atoms with Crippen LogP contribution in [0.4, 0.5) is 0 Å². The Hall–Kier alpha value is -0.120. The van der Waals surface area contributed by atoms with E-state index in [2.05, 4.69) is 56.7 Å². The monoisotopic (exact) mass is 494 g/mol. The average molecular weight is 494 g/mol. The van der Waals surface area contributed by atoms with Crippen LogP contribution in [-0.4, -0.2) is 60.1 Å². The zero-order valence-electron chi connectivity index (χ0n) is 25.4. The van der Waals surface area contributed by atoms with Crippen molar-refractivity contribution in [2.75, 3.05) is 39.3 Å². The van der Waals surface area contributed by atoms with E-state index in [1.54, 1.807) is 0 Å². The largest absolute Gasteiger partial charge is 0.312 e. The first kappa shape index (κ1) is 32.9. The summed E-state index contributed by atoms with van der Waals surface area (Å²) in [5, 5.41) is 4.01. The van der Waals surface area contributed by atoms with Gasteiger partial charge in [-0.15, -0.1) is 0 Å². The highest BCUT2D eigenvalue weighted by Crippen LogP contribution is 2.25. The number of nitrogens with zero attached hydrogens (tertiary/aromatic N) is 2. The van der Waals surface area contributed by atoms with Crippen molar-refractivity contribution in [3.05, 3.63) is 0 Å². The van der Waals surface area contributed by atoms with E-state index in [0.29, 0.717) is 11.1 Å². The summed E-state index contributed by atoms with van der Waals surface area (Å²) in [5.74, 6) is 0. The highest BCUT2D eigenvalue weighted by Gasteiger charge is 2.29. The van der Waals surface area contributed by atoms with Crippen molar-refractivity contribution < 1.29 is 0 Å². The minimum atomic E-state index is 0.362. The Morgan fingerprint density at radius 1 is 0.543 bits per heavy atom. The molecule has 1 aliphatic heterocycles. The molecule has 0 aromatic rings. The van der Waals surface area contributed by atoms with Crippen LogP contribution < -0.4 is 5.32 Å². The van der Waals surface area contributed by atoms with E-state index in [-0.39, 0.29) is 0 Å². The molecule has 1 fully saturated rings. The van der Waals surface area contributed by atoms with Crippen molar-refractivity contribution in [1.82, 2.24) is 15.1 Å². The molecule has 1 rings (SSSR count). The first-order chi connectivity index (χ1) is 16.9. The lowest BCUT2D eigenvalue weighted by Gasteiger charge is -2.44. The lowest BCUT2D eigenvalue weighted by molar-refractivity contribution is 0.0452. The maximum Gasteiger partial charge on any atom is 0.0154 e. The van der Waals surface area contributed by atoms with E-state index in [9.17, 15) is 0 Å². The molecule has 0 amide bonds. The molecule has 1 saturated heterocycles. The first-order valence-electron chi connectivity index (χ1n) is 16.1. The normalized spacial score (nSPS) is 17.7. The third kappa shape index (κ3) is 15.7. The predicted molar refractivity (Wildman–Crippen MR) is 159 cm³/mol. The number of hydrogen-bond acceptors (Lipinski definition) is 3. The SMILES string of the molecule is CCCCCCCC(C)(CCCCC)NCCCCCN1CCN(C(C)(C)CCCCCC)CC1. The number of unbranched alkanes of at least 4 members (excludes halogenated alkanes) is 11. The number of nitrogens with one attached hydrogen (secondary N) is 1. The third-order valence-electron chi connectivity index (χ3n) is 8.74. The molecule has 1 N–H and O–H groups in total. The van der Waals surface area contributed by atoms with Gasteiger partial charge < -0.3 is 10.2 Å². The van der Waals surface area contributed by atoms with Gasteiger partial charge in [0.1, 0.15) is 0 Å². The first-order valence-corrected chi connectivity index (χ1v) is 16.1. The smallest absolute Gasteiger partial charge is 0.0154 e. The predicted octanol–water partition coefficient (Wildman–Crippen LogP) is 8.81. The molecular formula is C32H67N3. The van der Waals surface area contributed by atoms with Crippen LogP contribution in [0.3, 0.4) is 0 Å². The lowest BCUT2D eigenvalue weighted by atomic mass is 9.88. The molecule has 0 aromatic heterocycles. The van der Waals surface area contributed by atoms with Crippen molar-refractivity contribution in [3.63, 3.8) is 0 Å². The average Bonchev–Trinajstić information content (AvgIpc) is 2.84. The minimum Gasteiger partial charge on any atom is -0.312 e. The molecule has 0 saturated carbocycles. The standard InChI is InChI=1S/C32H67N3/c1-7-10-13-15-19-24-32(6,23-17-12-9-3)33-25-20-16-21-26-34-27-29-35(30-28-34)31(4,5)22-18-14-11-8-2/h33H,7-30H2,1-6H3. The van der Waals surface area contributed by atoms with Gasteiger partial charge in [-0.1, -0.05) is 104 Å². The Morgan fingerprint density at radius 2 is 1.03 bits per heavy atom. The van der Waals surface area contributed by atoms with Gasteiger partial charge in [0.2, 0.25) is 0 Å². The summed E-state index contributed by atoms with van der Waals surface area (Å²) in [6.07, 6.45) is 24.8. The van der Waals surface area contributed by atoms with Crippen LogP contribution in [0, 0.1) is 0 Å². The fourth-order valence-corrected chi connectivity index (χ4v) is 5.93. The van der Waals surface area contributed by atoms with Crippen LogP contribution in [-0.2, 0) is 0 Å². The summed E-state index contributed by atoms with van der Waals surface area (Å²) in [5.41, 5.74) is 0.742. The lowest BCUT2D eigenvalue weighted by Crippen LogP contribution is -2.54. The fourth-order valence-electron chi connectivity index (χ4n) is 5.93. The zero-order valence-corrected chi connectivity index (χ0v) is 25.4. The van der Waals surface area contributed by atoms with Crippen LogP contribution >= 0.6 is 0 Å². The Bertz CT molecular complexity index is 469. The van der Waals surface area contributed by atoms with Gasteiger partial charge in [0.05, 0.1) is 0 Å². The van der Waals surface area contributed by atoms with Crippen molar-refractivity contribution >= 4 is 0 Å². The molecule has 3 heteroatoms. The molecule has 1 heterocycles. The molecule has 0 aliphatic carbocycles. The van der Waals surface area contributed by atoms with Crippen molar-refractivity contribution in [3.8, 4) is 0 Å². The highest BCUT2D eigenvalue weighted by atomic mass is 15.3. The zero-order chi connectivity index (χ0) is 25.8. The molecular weight excluding hydrogens is 426 g/mol. The van der Waals surface area contributed by atoms with E-state index in [4.69, 9.17) is 0 Å². The molecule has 0 spiro atoms. The van der Waals surface area contributed by atoms with Crippen LogP contribution in [0.1, 0.15) is 157 Å². The van der Waals surface area contributed by atoms with Gasteiger partial charge in [-0.25, -0.2) is 0 Å². The number of hydrogen-bond donors (Lipinski definition) is 1. The van der Waals surface area contributed by atoms with Gasteiger partial charge in [-0.2, -0.15) is 0 Å². The van der Waals surface area contributed by atoms with E-state index in [1.807, 2.05) is 0 Å². The van der Waals surface area contributed by atoms with Crippen molar-refractivity contribution in [2.45, 2.75) is 168 Å². The summed E-state index contributed by atoms with van der Waals surface area (Å²) >= 11 is 0. The Morgan fingerprint density at radius 3 is 1.66 bits per heavy atom. The van der Waals surface area contributed by atoms with Gasteiger partial charge in [0.25, 0.3) is 0 Å². The molecule has 1 atom stereocenters. The summed E-state index contributed by atoms with van der Waals surface area (Å²) in [6.45, 7) is 22.0. The van der Waals surface area contributed by atoms with Gasteiger partial charge in [0.15, 0.2) is 0 Å². The van der Waals surface area contributed by atoms with Crippen LogP contribution in [0.25, 0.3) is 0 Å². The molecule has 1 aliphatic rings. The van der Waals surface area contributed by atoms with E-state index in [0.717, 1.165) is 0 Å². The van der Waals surface area contributed by atoms with Crippen molar-refractivity contribution in [1.29, 1.82) is 0 Å². The quantitative estimate of drug-likeness (QED) is 0.143. The van der Waals surface area contributed by atoms with Gasteiger partial charge in [0, 0.05) is 37.3 Å². The molecule has 0 radical (unpaired) electrons. The minimum absolute atomic E-state index is 0.362. The second-order valence-electron chi connectivity index (χ2n) is 12.6. The van der Waals surface area contributed by atoms with E-state index >= 15 is 0 Å². The fraction of sp³-hybridized carbons (Fsp3) is 1.00. The second kappa shape index (κ2) is 19.9. The molecule has 210 valence electrons. The molecule has 35 heavy (non-hydrogen) atoms.